The van der Waals surface area contributed by atoms with E-state index < -0.39 is 11.0 Å². The maximum absolute atomic E-state index is 11.8. The van der Waals surface area contributed by atoms with Crippen molar-refractivity contribution < 1.29 is 14.3 Å². The Hall–Kier alpha value is -1.55. The molecule has 112 valence electrons. The van der Waals surface area contributed by atoms with Gasteiger partial charge in [-0.3, -0.25) is 4.79 Å². The van der Waals surface area contributed by atoms with E-state index in [-0.39, 0.29) is 12.4 Å². The van der Waals surface area contributed by atoms with Gasteiger partial charge >= 0.3 is 5.97 Å². The quantitative estimate of drug-likeness (QED) is 0.813. The molecule has 1 atom stereocenters. The van der Waals surface area contributed by atoms with Crippen LogP contribution in [0.3, 0.4) is 0 Å². The van der Waals surface area contributed by atoms with E-state index in [9.17, 15) is 4.79 Å². The maximum atomic E-state index is 11.8. The summed E-state index contributed by atoms with van der Waals surface area (Å²) in [5.74, 6) is 0.484. The maximum Gasteiger partial charge on any atom is 0.306 e. The van der Waals surface area contributed by atoms with Crippen LogP contribution in [0, 0.1) is 0 Å². The second kappa shape index (κ2) is 6.27. The number of methoxy groups -OCH3 is 1. The van der Waals surface area contributed by atoms with Gasteiger partial charge in [-0.1, -0.05) is 25.1 Å². The standard InChI is InChI=1S/C16H25NO3/c1-6-20-13-10-8-7-9-12(13)16(4,15(2,3)17)11-14(18)19-5/h7-10H,6,11,17H2,1-5H3. The molecule has 0 fully saturated rings. The molecule has 0 saturated heterocycles. The molecular formula is C16H25NO3. The van der Waals surface area contributed by atoms with Gasteiger partial charge in [-0.15, -0.1) is 0 Å². The molecule has 1 aromatic carbocycles. The number of para-hydroxylation sites is 1. The van der Waals surface area contributed by atoms with E-state index in [1.54, 1.807) is 0 Å². The van der Waals surface area contributed by atoms with E-state index in [4.69, 9.17) is 15.2 Å². The summed E-state index contributed by atoms with van der Waals surface area (Å²) in [4.78, 5) is 11.8. The van der Waals surface area contributed by atoms with Gasteiger partial charge in [0, 0.05) is 16.5 Å². The number of carbonyl (C=O) groups is 1. The van der Waals surface area contributed by atoms with E-state index in [2.05, 4.69) is 0 Å². The molecule has 1 rings (SSSR count). The van der Waals surface area contributed by atoms with Gasteiger partial charge in [0.15, 0.2) is 0 Å². The molecule has 0 amide bonds. The SMILES string of the molecule is CCOc1ccccc1C(C)(CC(=O)OC)C(C)(C)N. The smallest absolute Gasteiger partial charge is 0.306 e. The summed E-state index contributed by atoms with van der Waals surface area (Å²) in [7, 11) is 1.39. The molecule has 0 aromatic heterocycles. The Kier molecular flexibility index (Phi) is 5.17. The molecule has 4 nitrogen and oxygen atoms in total. The van der Waals surface area contributed by atoms with Crippen LogP contribution in [0.15, 0.2) is 24.3 Å². The Bertz CT molecular complexity index is 465. The van der Waals surface area contributed by atoms with Crippen LogP contribution in [0.5, 0.6) is 5.75 Å². The van der Waals surface area contributed by atoms with E-state index in [0.29, 0.717) is 6.61 Å². The van der Waals surface area contributed by atoms with Gasteiger partial charge in [0.05, 0.1) is 20.1 Å². The summed E-state index contributed by atoms with van der Waals surface area (Å²) in [6.07, 6.45) is 0.205. The number of benzene rings is 1. The van der Waals surface area contributed by atoms with Gasteiger partial charge in [-0.25, -0.2) is 0 Å². The van der Waals surface area contributed by atoms with E-state index in [0.717, 1.165) is 11.3 Å². The molecule has 1 aromatic rings. The molecule has 4 heteroatoms. The first-order chi connectivity index (χ1) is 9.26. The first-order valence-electron chi connectivity index (χ1n) is 6.84. The normalized spacial score (nSPS) is 14.5. The third kappa shape index (κ3) is 3.31. The van der Waals surface area contributed by atoms with Crippen LogP contribution in [0.2, 0.25) is 0 Å². The van der Waals surface area contributed by atoms with Crippen molar-refractivity contribution in [2.75, 3.05) is 13.7 Å². The van der Waals surface area contributed by atoms with E-state index >= 15 is 0 Å². The second-order valence-corrected chi connectivity index (χ2v) is 5.74. The molecule has 0 radical (unpaired) electrons. The van der Waals surface area contributed by atoms with Crippen molar-refractivity contribution in [1.82, 2.24) is 0 Å². The van der Waals surface area contributed by atoms with Gasteiger partial charge in [-0.2, -0.15) is 0 Å². The zero-order valence-electron chi connectivity index (χ0n) is 13.0. The first kappa shape index (κ1) is 16.5. The Balaban J connectivity index is 3.34. The highest BCUT2D eigenvalue weighted by atomic mass is 16.5. The number of nitrogens with two attached hydrogens (primary N) is 1. The van der Waals surface area contributed by atoms with Gasteiger partial charge in [-0.05, 0) is 26.8 Å². The molecule has 0 aliphatic heterocycles. The molecule has 0 spiro atoms. The van der Waals surface area contributed by atoms with Crippen LogP contribution in [-0.4, -0.2) is 25.2 Å². The zero-order valence-corrected chi connectivity index (χ0v) is 13.0. The van der Waals surface area contributed by atoms with Gasteiger partial charge in [0.2, 0.25) is 0 Å². The Morgan fingerprint density at radius 3 is 2.35 bits per heavy atom. The molecule has 0 aliphatic carbocycles. The van der Waals surface area contributed by atoms with Gasteiger partial charge < -0.3 is 15.2 Å². The molecular weight excluding hydrogens is 254 g/mol. The van der Waals surface area contributed by atoms with Crippen molar-refractivity contribution in [2.45, 2.75) is 45.1 Å². The van der Waals surface area contributed by atoms with Gasteiger partial charge in [0.1, 0.15) is 5.75 Å². The highest BCUT2D eigenvalue weighted by Crippen LogP contribution is 2.41. The lowest BCUT2D eigenvalue weighted by Crippen LogP contribution is -2.53. The summed E-state index contributed by atoms with van der Waals surface area (Å²) in [6.45, 7) is 8.30. The number of hydrogen-bond acceptors (Lipinski definition) is 4. The van der Waals surface area contributed by atoms with Crippen LogP contribution in [0.4, 0.5) is 0 Å². The zero-order chi connectivity index (χ0) is 15.4. The predicted molar refractivity (Wildman–Crippen MR) is 79.9 cm³/mol. The minimum absolute atomic E-state index is 0.205. The largest absolute Gasteiger partial charge is 0.494 e. The highest BCUT2D eigenvalue weighted by molar-refractivity contribution is 5.72. The number of carbonyl (C=O) groups excluding carboxylic acids is 1. The third-order valence-electron chi connectivity index (χ3n) is 3.93. The summed E-state index contributed by atoms with van der Waals surface area (Å²) < 4.78 is 10.5. The van der Waals surface area contributed by atoms with E-state index in [1.165, 1.54) is 7.11 Å². The van der Waals surface area contributed by atoms with Crippen molar-refractivity contribution in [3.63, 3.8) is 0 Å². The lowest BCUT2D eigenvalue weighted by molar-refractivity contribution is -0.142. The first-order valence-corrected chi connectivity index (χ1v) is 6.84. The number of esters is 1. The average molecular weight is 279 g/mol. The molecule has 2 N–H and O–H groups in total. The van der Waals surface area contributed by atoms with Crippen molar-refractivity contribution in [2.24, 2.45) is 5.73 Å². The third-order valence-corrected chi connectivity index (χ3v) is 3.93. The molecule has 20 heavy (non-hydrogen) atoms. The van der Waals surface area contributed by atoms with Crippen LogP contribution >= 0.6 is 0 Å². The Labute approximate surface area is 121 Å². The van der Waals surface area contributed by atoms with Crippen LogP contribution in [-0.2, 0) is 14.9 Å². The summed E-state index contributed by atoms with van der Waals surface area (Å²) >= 11 is 0. The predicted octanol–water partition coefficient (Wildman–Crippen LogP) is 2.64. The molecule has 1 unspecified atom stereocenters. The Morgan fingerprint density at radius 2 is 1.85 bits per heavy atom. The summed E-state index contributed by atoms with van der Waals surface area (Å²) in [5.41, 5.74) is 6.10. The van der Waals surface area contributed by atoms with Crippen molar-refractivity contribution in [3.05, 3.63) is 29.8 Å². The molecule has 0 heterocycles. The van der Waals surface area contributed by atoms with Crippen LogP contribution < -0.4 is 10.5 Å². The van der Waals surface area contributed by atoms with Crippen LogP contribution in [0.1, 0.15) is 39.7 Å². The lowest BCUT2D eigenvalue weighted by Gasteiger charge is -2.42. The minimum atomic E-state index is -0.603. The average Bonchev–Trinajstić information content (AvgIpc) is 2.38. The lowest BCUT2D eigenvalue weighted by atomic mass is 9.66. The summed E-state index contributed by atoms with van der Waals surface area (Å²) in [5, 5.41) is 0. The van der Waals surface area contributed by atoms with Crippen molar-refractivity contribution in [1.29, 1.82) is 0 Å². The number of rotatable bonds is 6. The van der Waals surface area contributed by atoms with Crippen molar-refractivity contribution >= 4 is 5.97 Å². The highest BCUT2D eigenvalue weighted by Gasteiger charge is 2.43. The fourth-order valence-electron chi connectivity index (χ4n) is 2.23. The topological polar surface area (TPSA) is 61.5 Å². The molecule has 0 aliphatic rings. The fourth-order valence-corrected chi connectivity index (χ4v) is 2.23. The number of ether oxygens (including phenoxy) is 2. The Morgan fingerprint density at radius 1 is 1.25 bits per heavy atom. The van der Waals surface area contributed by atoms with Crippen LogP contribution in [0.25, 0.3) is 0 Å². The summed E-state index contributed by atoms with van der Waals surface area (Å²) in [6, 6.07) is 7.71. The van der Waals surface area contributed by atoms with Gasteiger partial charge in [0.25, 0.3) is 0 Å². The monoisotopic (exact) mass is 279 g/mol. The van der Waals surface area contributed by atoms with Crippen molar-refractivity contribution in [3.8, 4) is 5.75 Å². The molecule has 0 saturated carbocycles. The minimum Gasteiger partial charge on any atom is -0.494 e. The fraction of sp³-hybridized carbons (Fsp3) is 0.562. The van der Waals surface area contributed by atoms with E-state index in [1.807, 2.05) is 52.0 Å². The number of hydrogen-bond donors (Lipinski definition) is 1. The molecule has 0 bridgehead atoms. The second-order valence-electron chi connectivity index (χ2n) is 5.74.